The van der Waals surface area contributed by atoms with Crippen LogP contribution in [0.2, 0.25) is 0 Å². The summed E-state index contributed by atoms with van der Waals surface area (Å²) < 4.78 is 23.6. The molecule has 0 aliphatic carbocycles. The molecule has 0 N–H and O–H groups in total. The molecule has 160 valence electrons. The van der Waals surface area contributed by atoms with Gasteiger partial charge in [-0.1, -0.05) is 32.0 Å². The highest BCUT2D eigenvalue weighted by molar-refractivity contribution is 6.62. The van der Waals surface area contributed by atoms with E-state index in [1.54, 1.807) is 4.90 Å². The molecule has 0 saturated carbocycles. The molecule has 2 aliphatic rings. The quantitative estimate of drug-likeness (QED) is 0.721. The van der Waals surface area contributed by atoms with Crippen LogP contribution in [-0.4, -0.2) is 56.6 Å². The first-order valence-corrected chi connectivity index (χ1v) is 10.6. The van der Waals surface area contributed by atoms with Crippen molar-refractivity contribution < 1.29 is 23.6 Å². The molecule has 1 amide bonds. The second-order valence-corrected chi connectivity index (χ2v) is 9.90. The minimum absolute atomic E-state index is 0.0273. The minimum atomic E-state index is -0.478. The average Bonchev–Trinajstić information content (AvgIpc) is 2.66. The molecule has 1 unspecified atom stereocenters. The van der Waals surface area contributed by atoms with Gasteiger partial charge >= 0.3 is 13.2 Å². The topological polar surface area (TPSA) is 57.2 Å². The van der Waals surface area contributed by atoms with Gasteiger partial charge in [0.1, 0.15) is 11.4 Å². The van der Waals surface area contributed by atoms with Crippen LogP contribution in [0, 0.1) is 11.3 Å². The smallest absolute Gasteiger partial charge is 0.494 e. The molecule has 2 saturated heterocycles. The molecule has 2 fully saturated rings. The number of hydrogen-bond acceptors (Lipinski definition) is 5. The number of carbonyl (C=O) groups is 1. The SMILES string of the molecule is CC1(C)COB(c2ccccc2OCC2CCCN(C(=O)OC(C)(C)C)C2)OC1. The first-order valence-electron chi connectivity index (χ1n) is 10.6. The minimum Gasteiger partial charge on any atom is -0.494 e. The number of ether oxygens (including phenoxy) is 2. The first kappa shape index (κ1) is 22.0. The average molecular weight is 403 g/mol. The van der Waals surface area contributed by atoms with Crippen LogP contribution < -0.4 is 10.2 Å². The second kappa shape index (κ2) is 8.96. The summed E-state index contributed by atoms with van der Waals surface area (Å²) in [5.41, 5.74) is 0.468. The Labute approximate surface area is 175 Å². The van der Waals surface area contributed by atoms with Gasteiger partial charge in [0, 0.05) is 43.1 Å². The van der Waals surface area contributed by atoms with E-state index in [0.717, 1.165) is 30.6 Å². The van der Waals surface area contributed by atoms with Crippen LogP contribution in [0.4, 0.5) is 4.79 Å². The number of carbonyl (C=O) groups excluding carboxylic acids is 1. The Morgan fingerprint density at radius 1 is 1.24 bits per heavy atom. The second-order valence-electron chi connectivity index (χ2n) is 9.90. The molecule has 0 spiro atoms. The summed E-state index contributed by atoms with van der Waals surface area (Å²) in [5, 5.41) is 0. The third-order valence-corrected chi connectivity index (χ3v) is 5.07. The molecular weight excluding hydrogens is 369 g/mol. The third kappa shape index (κ3) is 6.38. The molecule has 6 nitrogen and oxygen atoms in total. The van der Waals surface area contributed by atoms with Crippen molar-refractivity contribution in [2.75, 3.05) is 32.9 Å². The number of hydrogen-bond donors (Lipinski definition) is 0. The molecule has 7 heteroatoms. The van der Waals surface area contributed by atoms with Gasteiger partial charge in [0.05, 0.1) is 6.61 Å². The van der Waals surface area contributed by atoms with Crippen molar-refractivity contribution in [2.24, 2.45) is 11.3 Å². The molecule has 1 aromatic rings. The van der Waals surface area contributed by atoms with Crippen molar-refractivity contribution in [3.05, 3.63) is 24.3 Å². The molecule has 2 aliphatic heterocycles. The fraction of sp³-hybridized carbons (Fsp3) is 0.682. The van der Waals surface area contributed by atoms with Gasteiger partial charge in [-0.05, 0) is 39.7 Å². The Balaban J connectivity index is 1.57. The number of piperidine rings is 1. The highest BCUT2D eigenvalue weighted by Crippen LogP contribution is 2.24. The van der Waals surface area contributed by atoms with Gasteiger partial charge < -0.3 is 23.7 Å². The van der Waals surface area contributed by atoms with Crippen molar-refractivity contribution >= 4 is 18.7 Å². The maximum absolute atomic E-state index is 12.4. The van der Waals surface area contributed by atoms with Crippen molar-refractivity contribution in [3.8, 4) is 5.75 Å². The maximum atomic E-state index is 12.4. The van der Waals surface area contributed by atoms with Gasteiger partial charge in [-0.15, -0.1) is 0 Å². The van der Waals surface area contributed by atoms with E-state index in [0.29, 0.717) is 26.4 Å². The zero-order valence-corrected chi connectivity index (χ0v) is 18.4. The van der Waals surface area contributed by atoms with E-state index in [1.165, 1.54) is 0 Å². The molecule has 0 bridgehead atoms. The van der Waals surface area contributed by atoms with E-state index >= 15 is 0 Å². The summed E-state index contributed by atoms with van der Waals surface area (Å²) in [7, 11) is -0.399. The molecule has 2 heterocycles. The van der Waals surface area contributed by atoms with Gasteiger partial charge in [0.15, 0.2) is 0 Å². The number of para-hydroxylation sites is 1. The lowest BCUT2D eigenvalue weighted by Crippen LogP contribution is -2.48. The number of amides is 1. The van der Waals surface area contributed by atoms with Crippen molar-refractivity contribution in [1.82, 2.24) is 4.90 Å². The number of likely N-dealkylation sites (tertiary alicyclic amines) is 1. The molecule has 0 radical (unpaired) electrons. The monoisotopic (exact) mass is 403 g/mol. The van der Waals surface area contributed by atoms with E-state index in [1.807, 2.05) is 45.0 Å². The van der Waals surface area contributed by atoms with Crippen LogP contribution in [0.3, 0.4) is 0 Å². The summed E-state index contributed by atoms with van der Waals surface area (Å²) >= 11 is 0. The first-order chi connectivity index (χ1) is 13.6. The summed E-state index contributed by atoms with van der Waals surface area (Å²) in [6.45, 7) is 13.2. The lowest BCUT2D eigenvalue weighted by atomic mass is 9.75. The van der Waals surface area contributed by atoms with Crippen molar-refractivity contribution in [1.29, 1.82) is 0 Å². The Hall–Kier alpha value is -1.73. The van der Waals surface area contributed by atoms with Crippen LogP contribution in [0.5, 0.6) is 5.75 Å². The zero-order chi connectivity index (χ0) is 21.1. The highest BCUT2D eigenvalue weighted by Gasteiger charge is 2.35. The van der Waals surface area contributed by atoms with E-state index in [4.69, 9.17) is 18.8 Å². The van der Waals surface area contributed by atoms with Crippen LogP contribution in [-0.2, 0) is 14.0 Å². The van der Waals surface area contributed by atoms with E-state index in [2.05, 4.69) is 13.8 Å². The lowest BCUT2D eigenvalue weighted by molar-refractivity contribution is 0.0139. The fourth-order valence-electron chi connectivity index (χ4n) is 3.58. The molecule has 29 heavy (non-hydrogen) atoms. The van der Waals surface area contributed by atoms with E-state index < -0.39 is 12.7 Å². The molecule has 3 rings (SSSR count). The molecule has 1 atom stereocenters. The van der Waals surface area contributed by atoms with E-state index in [-0.39, 0.29) is 17.4 Å². The fourth-order valence-corrected chi connectivity index (χ4v) is 3.58. The summed E-state index contributed by atoms with van der Waals surface area (Å²) in [6.07, 6.45) is 1.75. The zero-order valence-electron chi connectivity index (χ0n) is 18.4. The Bertz CT molecular complexity index is 693. The standard InChI is InChI=1S/C22H34BNO5/c1-21(2,3)29-20(25)24-12-8-9-17(13-24)14-26-19-11-7-6-10-18(19)23-27-15-22(4,5)16-28-23/h6-7,10-11,17H,8-9,12-16H2,1-5H3. The van der Waals surface area contributed by atoms with Crippen LogP contribution >= 0.6 is 0 Å². The van der Waals surface area contributed by atoms with Gasteiger partial charge in [0.25, 0.3) is 0 Å². The highest BCUT2D eigenvalue weighted by atomic mass is 16.6. The maximum Gasteiger partial charge on any atom is 0.497 e. The van der Waals surface area contributed by atoms with Crippen LogP contribution in [0.15, 0.2) is 24.3 Å². The predicted octanol–water partition coefficient (Wildman–Crippen LogP) is 3.48. The Kier molecular flexibility index (Phi) is 6.79. The Morgan fingerprint density at radius 2 is 1.93 bits per heavy atom. The molecule has 1 aromatic carbocycles. The lowest BCUT2D eigenvalue weighted by Gasteiger charge is -2.35. The third-order valence-electron chi connectivity index (χ3n) is 5.07. The van der Waals surface area contributed by atoms with Gasteiger partial charge in [-0.3, -0.25) is 0 Å². The normalized spacial score (nSPS) is 22.3. The van der Waals surface area contributed by atoms with Crippen molar-refractivity contribution in [3.63, 3.8) is 0 Å². The van der Waals surface area contributed by atoms with Crippen molar-refractivity contribution in [2.45, 2.75) is 53.1 Å². The van der Waals surface area contributed by atoms with Gasteiger partial charge in [-0.2, -0.15) is 0 Å². The van der Waals surface area contributed by atoms with Crippen LogP contribution in [0.25, 0.3) is 0 Å². The number of nitrogens with zero attached hydrogens (tertiary/aromatic N) is 1. The summed E-state index contributed by atoms with van der Waals surface area (Å²) in [6, 6.07) is 7.88. The Morgan fingerprint density at radius 3 is 2.62 bits per heavy atom. The molecule has 0 aromatic heterocycles. The largest absolute Gasteiger partial charge is 0.497 e. The number of rotatable bonds is 4. The van der Waals surface area contributed by atoms with E-state index in [9.17, 15) is 4.79 Å². The predicted molar refractivity (Wildman–Crippen MR) is 114 cm³/mol. The van der Waals surface area contributed by atoms with Gasteiger partial charge in [0.2, 0.25) is 0 Å². The molecular formula is C22H34BNO5. The van der Waals surface area contributed by atoms with Gasteiger partial charge in [-0.25, -0.2) is 4.79 Å². The summed E-state index contributed by atoms with van der Waals surface area (Å²) in [5.74, 6) is 1.06. The number of benzene rings is 1. The van der Waals surface area contributed by atoms with Crippen LogP contribution in [0.1, 0.15) is 47.5 Å². The summed E-state index contributed by atoms with van der Waals surface area (Å²) in [4.78, 5) is 14.2.